The zero-order chi connectivity index (χ0) is 4.41. The molecule has 0 bridgehead atoms. The van der Waals surface area contributed by atoms with Crippen LogP contribution < -0.4 is 3.00 Å². The van der Waals surface area contributed by atoms with Gasteiger partial charge in [0.05, 0.1) is 0 Å². The molecular weight excluding hydrogens is 170 g/mol. The van der Waals surface area contributed by atoms with Crippen LogP contribution in [0, 0.1) is 0 Å². The van der Waals surface area contributed by atoms with E-state index in [1.54, 1.807) is 27.7 Å². The van der Waals surface area contributed by atoms with Gasteiger partial charge in [0.25, 0.3) is 0 Å². The van der Waals surface area contributed by atoms with Gasteiger partial charge in [-0.3, -0.25) is 0 Å². The Bertz CT molecular complexity index is 111. The van der Waals surface area contributed by atoms with Crippen LogP contribution in [0.4, 0.5) is 0 Å². The van der Waals surface area contributed by atoms with Crippen molar-refractivity contribution in [3.8, 4) is 0 Å². The van der Waals surface area contributed by atoms with Gasteiger partial charge in [-0.15, -0.1) is 0 Å². The topological polar surface area (TPSA) is 0 Å². The summed E-state index contributed by atoms with van der Waals surface area (Å²) in [6.07, 6.45) is 0. The predicted molar refractivity (Wildman–Crippen MR) is 25.6 cm³/mol. The van der Waals surface area contributed by atoms with Crippen molar-refractivity contribution in [2.75, 3.05) is 0 Å². The van der Waals surface area contributed by atoms with Gasteiger partial charge in [-0.2, -0.15) is 0 Å². The average Bonchev–Trinajstić information content (AvgIpc) is 1.86. The van der Waals surface area contributed by atoms with Gasteiger partial charge in [-0.25, -0.2) is 0 Å². The second-order valence-electron chi connectivity index (χ2n) is 1.08. The van der Waals surface area contributed by atoms with E-state index in [-0.39, 0.29) is 0 Å². The van der Waals surface area contributed by atoms with Gasteiger partial charge < -0.3 is 0 Å². The van der Waals surface area contributed by atoms with Gasteiger partial charge >= 0.3 is 53.8 Å². The number of hydrogen-bond acceptors (Lipinski definition) is 0. The summed E-state index contributed by atoms with van der Waals surface area (Å²) < 4.78 is 1.59. The van der Waals surface area contributed by atoms with Crippen molar-refractivity contribution < 1.29 is 24.7 Å². The van der Waals surface area contributed by atoms with Crippen LogP contribution >= 0.6 is 8.19 Å². The Labute approximate surface area is 53.9 Å². The molecule has 0 radical (unpaired) electrons. The third-order valence-electron chi connectivity index (χ3n) is 0.598. The fraction of sp³-hybridized carbons (Fsp3) is 0. The van der Waals surface area contributed by atoms with E-state index in [0.29, 0.717) is 0 Å². The molecule has 0 aliphatic heterocycles. The van der Waals surface area contributed by atoms with E-state index in [0.717, 1.165) is 8.19 Å². The van der Waals surface area contributed by atoms with Crippen LogP contribution in [0.2, 0.25) is 0 Å². The summed E-state index contributed by atoms with van der Waals surface area (Å²) in [5.74, 6) is 2.21. The van der Waals surface area contributed by atoms with E-state index in [1.165, 1.54) is 0 Å². The summed E-state index contributed by atoms with van der Waals surface area (Å²) in [6.45, 7) is 0. The van der Waals surface area contributed by atoms with Crippen LogP contribution in [-0.2, 0) is 24.7 Å². The molecule has 1 unspecified atom stereocenters. The summed E-state index contributed by atoms with van der Waals surface area (Å²) in [7, 11) is 1.00. The monoisotopic (exact) mass is 173 g/mol. The molecule has 6 heavy (non-hydrogen) atoms. The Kier molecular flexibility index (Phi) is 1.68. The van der Waals surface area contributed by atoms with Crippen molar-refractivity contribution in [2.24, 2.45) is 0 Å². The van der Waals surface area contributed by atoms with E-state index in [4.69, 9.17) is 0 Å². The molecule has 1 aromatic rings. The fourth-order valence-corrected chi connectivity index (χ4v) is 1.75. The Morgan fingerprint density at radius 2 is 2.50 bits per heavy atom. The summed E-state index contributed by atoms with van der Waals surface area (Å²) in [5.41, 5.74) is 0. The summed E-state index contributed by atoms with van der Waals surface area (Å²) >= 11 is 1.58. The van der Waals surface area contributed by atoms with Crippen molar-refractivity contribution in [3.63, 3.8) is 0 Å². The Morgan fingerprint density at radius 1 is 1.67 bits per heavy atom. The molecule has 0 aromatic carbocycles. The SMILES string of the molecule is [Zr][c]1ccc[pH]1. The van der Waals surface area contributed by atoms with Crippen molar-refractivity contribution in [1.29, 1.82) is 0 Å². The first kappa shape index (κ1) is 4.81. The normalized spacial score (nSPS) is 9.83. The molecule has 0 amide bonds. The van der Waals surface area contributed by atoms with Crippen molar-refractivity contribution in [2.45, 2.75) is 0 Å². The quantitative estimate of drug-likeness (QED) is 0.548. The Morgan fingerprint density at radius 3 is 2.67 bits per heavy atom. The molecular formula is C4H4PZr. The molecule has 0 aliphatic carbocycles. The minimum absolute atomic E-state index is 1.00. The van der Waals surface area contributed by atoms with E-state index < -0.39 is 0 Å². The van der Waals surface area contributed by atoms with Crippen LogP contribution in [0.3, 0.4) is 0 Å². The van der Waals surface area contributed by atoms with Crippen LogP contribution in [0.15, 0.2) is 17.9 Å². The zero-order valence-corrected chi connectivity index (χ0v) is 6.69. The molecule has 0 N–H and O–H groups in total. The van der Waals surface area contributed by atoms with Crippen LogP contribution in [0.5, 0.6) is 0 Å². The maximum atomic E-state index is 2.21. The molecule has 0 aliphatic rings. The minimum atomic E-state index is 1.00. The third kappa shape index (κ3) is 1.07. The average molecular weight is 174 g/mol. The standard InChI is InChI=1S/C4H4P.Zr/c1-2-4-5-3-1;/h1-3,5H;. The molecule has 0 nitrogen and oxygen atoms in total. The molecule has 0 saturated heterocycles. The molecule has 0 fully saturated rings. The molecule has 1 heterocycles. The molecule has 1 aromatic heterocycles. The van der Waals surface area contributed by atoms with E-state index >= 15 is 0 Å². The maximum absolute atomic E-state index is 2.21. The first-order chi connectivity index (χ1) is 2.89. The van der Waals surface area contributed by atoms with Crippen molar-refractivity contribution >= 4 is 11.2 Å². The van der Waals surface area contributed by atoms with Gasteiger partial charge in [0.2, 0.25) is 0 Å². The van der Waals surface area contributed by atoms with Crippen molar-refractivity contribution in [1.82, 2.24) is 0 Å². The van der Waals surface area contributed by atoms with Gasteiger partial charge in [-0.1, -0.05) is 0 Å². The third-order valence-corrected chi connectivity index (χ3v) is 2.91. The van der Waals surface area contributed by atoms with Gasteiger partial charge in [-0.05, 0) is 0 Å². The second-order valence-corrected chi connectivity index (χ2v) is 4.80. The Hall–Kier alpha value is 0.663. The van der Waals surface area contributed by atoms with Crippen molar-refractivity contribution in [3.05, 3.63) is 17.9 Å². The molecule has 1 atom stereocenters. The summed E-state index contributed by atoms with van der Waals surface area (Å²) in [6, 6.07) is 4.32. The van der Waals surface area contributed by atoms with E-state index in [2.05, 4.69) is 17.9 Å². The second kappa shape index (κ2) is 2.10. The summed E-state index contributed by atoms with van der Waals surface area (Å²) in [4.78, 5) is 0. The fourth-order valence-electron chi connectivity index (χ4n) is 0.330. The zero-order valence-electron chi connectivity index (χ0n) is 3.23. The number of hydrogen-bond donors (Lipinski definition) is 0. The first-order valence-corrected chi connectivity index (χ1v) is 4.05. The number of rotatable bonds is 0. The molecule has 0 spiro atoms. The molecule has 29 valence electrons. The molecule has 1 rings (SSSR count). The summed E-state index contributed by atoms with van der Waals surface area (Å²) in [5, 5.41) is 0. The Balaban J connectivity index is 3.05. The van der Waals surface area contributed by atoms with E-state index in [1.807, 2.05) is 0 Å². The predicted octanol–water partition coefficient (Wildman–Crippen LogP) is 0.890. The van der Waals surface area contributed by atoms with Crippen LogP contribution in [0.1, 0.15) is 0 Å². The molecule has 0 saturated carbocycles. The van der Waals surface area contributed by atoms with Crippen LogP contribution in [0.25, 0.3) is 0 Å². The van der Waals surface area contributed by atoms with Crippen LogP contribution in [-0.4, -0.2) is 0 Å². The van der Waals surface area contributed by atoms with Gasteiger partial charge in [0.15, 0.2) is 0 Å². The van der Waals surface area contributed by atoms with Gasteiger partial charge in [0.1, 0.15) is 0 Å². The molecule has 2 heteroatoms. The van der Waals surface area contributed by atoms with E-state index in [9.17, 15) is 0 Å². The van der Waals surface area contributed by atoms with Gasteiger partial charge in [0, 0.05) is 0 Å². The first-order valence-electron chi connectivity index (χ1n) is 1.74.